The fourth-order valence-corrected chi connectivity index (χ4v) is 1.34. The summed E-state index contributed by atoms with van der Waals surface area (Å²) in [6, 6.07) is 10.3. The molecular formula is C13H19N. The van der Waals surface area contributed by atoms with E-state index in [9.17, 15) is 0 Å². The highest BCUT2D eigenvalue weighted by Crippen LogP contribution is 1.99. The van der Waals surface area contributed by atoms with Crippen LogP contribution in [0.15, 0.2) is 35.3 Å². The number of hydrogen-bond acceptors (Lipinski definition) is 1. The first-order valence-corrected chi connectivity index (χ1v) is 5.48. The lowest BCUT2D eigenvalue weighted by Gasteiger charge is -1.94. The van der Waals surface area contributed by atoms with Gasteiger partial charge in [-0.25, -0.2) is 0 Å². The van der Waals surface area contributed by atoms with E-state index in [-0.39, 0.29) is 0 Å². The summed E-state index contributed by atoms with van der Waals surface area (Å²) in [5, 5.41) is 0. The SMILES string of the molecule is CCCCCC/N=C/c1ccccc1. The molecule has 0 aromatic heterocycles. The van der Waals surface area contributed by atoms with Crippen LogP contribution < -0.4 is 0 Å². The summed E-state index contributed by atoms with van der Waals surface area (Å²) in [6.45, 7) is 3.20. The predicted octanol–water partition coefficient (Wildman–Crippen LogP) is 3.69. The van der Waals surface area contributed by atoms with Crippen molar-refractivity contribution in [3.63, 3.8) is 0 Å². The van der Waals surface area contributed by atoms with E-state index in [0.717, 1.165) is 6.54 Å². The molecule has 0 aliphatic heterocycles. The van der Waals surface area contributed by atoms with E-state index < -0.39 is 0 Å². The quantitative estimate of drug-likeness (QED) is 0.478. The van der Waals surface area contributed by atoms with Crippen molar-refractivity contribution >= 4 is 6.21 Å². The molecule has 0 atom stereocenters. The third-order valence-electron chi connectivity index (χ3n) is 2.18. The van der Waals surface area contributed by atoms with Crippen LogP contribution in [0.5, 0.6) is 0 Å². The largest absolute Gasteiger partial charge is 0.293 e. The van der Waals surface area contributed by atoms with Crippen LogP contribution in [0.2, 0.25) is 0 Å². The molecule has 0 saturated heterocycles. The molecule has 1 nitrogen and oxygen atoms in total. The van der Waals surface area contributed by atoms with Gasteiger partial charge in [0.05, 0.1) is 0 Å². The van der Waals surface area contributed by atoms with Gasteiger partial charge in [-0.2, -0.15) is 0 Å². The van der Waals surface area contributed by atoms with Gasteiger partial charge in [0.2, 0.25) is 0 Å². The first kappa shape index (κ1) is 11.0. The van der Waals surface area contributed by atoms with Gasteiger partial charge in [0.25, 0.3) is 0 Å². The Bertz CT molecular complexity index is 251. The van der Waals surface area contributed by atoms with Gasteiger partial charge in [-0.15, -0.1) is 0 Å². The molecule has 1 aromatic rings. The molecule has 0 saturated carbocycles. The summed E-state index contributed by atoms with van der Waals surface area (Å²) in [6.07, 6.45) is 7.12. The van der Waals surface area contributed by atoms with Crippen molar-refractivity contribution in [2.75, 3.05) is 6.54 Å². The van der Waals surface area contributed by atoms with Gasteiger partial charge >= 0.3 is 0 Å². The summed E-state index contributed by atoms with van der Waals surface area (Å²) in [5.74, 6) is 0. The first-order chi connectivity index (χ1) is 6.93. The average molecular weight is 189 g/mol. The smallest absolute Gasteiger partial charge is 0.0389 e. The molecule has 1 heteroatoms. The van der Waals surface area contributed by atoms with Crippen LogP contribution in [-0.4, -0.2) is 12.8 Å². The van der Waals surface area contributed by atoms with Gasteiger partial charge in [-0.1, -0.05) is 56.5 Å². The Labute approximate surface area is 86.9 Å². The minimum Gasteiger partial charge on any atom is -0.293 e. The maximum absolute atomic E-state index is 4.39. The Morgan fingerprint density at radius 3 is 2.57 bits per heavy atom. The van der Waals surface area contributed by atoms with Crippen LogP contribution in [0.1, 0.15) is 38.2 Å². The van der Waals surface area contributed by atoms with Crippen LogP contribution in [0.4, 0.5) is 0 Å². The van der Waals surface area contributed by atoms with Crippen molar-refractivity contribution < 1.29 is 0 Å². The minimum atomic E-state index is 0.967. The summed E-state index contributed by atoms with van der Waals surface area (Å²) in [5.41, 5.74) is 1.20. The third-order valence-corrected chi connectivity index (χ3v) is 2.18. The number of rotatable bonds is 6. The fourth-order valence-electron chi connectivity index (χ4n) is 1.34. The second kappa shape index (κ2) is 7.31. The maximum atomic E-state index is 4.39. The van der Waals surface area contributed by atoms with Crippen LogP contribution in [0.25, 0.3) is 0 Å². The topological polar surface area (TPSA) is 12.4 Å². The van der Waals surface area contributed by atoms with E-state index in [1.165, 1.54) is 31.2 Å². The molecule has 0 amide bonds. The van der Waals surface area contributed by atoms with E-state index in [1.807, 2.05) is 24.4 Å². The Kier molecular flexibility index (Phi) is 5.73. The maximum Gasteiger partial charge on any atom is 0.0389 e. The normalized spacial score (nSPS) is 10.9. The van der Waals surface area contributed by atoms with Gasteiger partial charge in [-0.05, 0) is 12.0 Å². The summed E-state index contributed by atoms with van der Waals surface area (Å²) >= 11 is 0. The zero-order valence-corrected chi connectivity index (χ0v) is 8.95. The number of nitrogens with zero attached hydrogens (tertiary/aromatic N) is 1. The van der Waals surface area contributed by atoms with E-state index in [1.54, 1.807) is 0 Å². The van der Waals surface area contributed by atoms with Crippen molar-refractivity contribution in [2.24, 2.45) is 4.99 Å². The molecule has 0 N–H and O–H groups in total. The number of benzene rings is 1. The second-order valence-electron chi connectivity index (χ2n) is 3.51. The molecule has 1 rings (SSSR count). The second-order valence-corrected chi connectivity index (χ2v) is 3.51. The van der Waals surface area contributed by atoms with Gasteiger partial charge in [0.1, 0.15) is 0 Å². The van der Waals surface area contributed by atoms with Crippen LogP contribution >= 0.6 is 0 Å². The highest BCUT2D eigenvalue weighted by Gasteiger charge is 1.86. The molecule has 76 valence electrons. The third kappa shape index (κ3) is 4.80. The van der Waals surface area contributed by atoms with Crippen molar-refractivity contribution in [1.82, 2.24) is 0 Å². The molecule has 0 unspecified atom stereocenters. The number of hydrogen-bond donors (Lipinski definition) is 0. The molecule has 1 aromatic carbocycles. The molecule has 0 radical (unpaired) electrons. The Balaban J connectivity index is 2.15. The molecule has 0 aliphatic rings. The Hall–Kier alpha value is -1.11. The van der Waals surface area contributed by atoms with E-state index in [4.69, 9.17) is 0 Å². The fraction of sp³-hybridized carbons (Fsp3) is 0.462. The monoisotopic (exact) mass is 189 g/mol. The lowest BCUT2D eigenvalue weighted by Crippen LogP contribution is -1.84. The summed E-state index contributed by atoms with van der Waals surface area (Å²) < 4.78 is 0. The van der Waals surface area contributed by atoms with E-state index in [0.29, 0.717) is 0 Å². The summed E-state index contributed by atoms with van der Waals surface area (Å²) in [4.78, 5) is 4.39. The standard InChI is InChI=1S/C13H19N/c1-2-3-4-8-11-14-12-13-9-6-5-7-10-13/h5-7,9-10,12H,2-4,8,11H2,1H3/b14-12+. The number of aliphatic imine (C=N–C) groups is 1. The molecule has 0 aliphatic carbocycles. The van der Waals surface area contributed by atoms with Crippen LogP contribution in [0, 0.1) is 0 Å². The van der Waals surface area contributed by atoms with Crippen LogP contribution in [0.3, 0.4) is 0 Å². The van der Waals surface area contributed by atoms with Crippen molar-refractivity contribution in [3.05, 3.63) is 35.9 Å². The zero-order chi connectivity index (χ0) is 10.1. The van der Waals surface area contributed by atoms with E-state index in [2.05, 4.69) is 24.0 Å². The molecule has 14 heavy (non-hydrogen) atoms. The van der Waals surface area contributed by atoms with Crippen molar-refractivity contribution in [2.45, 2.75) is 32.6 Å². The first-order valence-electron chi connectivity index (χ1n) is 5.48. The molecule has 0 spiro atoms. The van der Waals surface area contributed by atoms with E-state index >= 15 is 0 Å². The lowest BCUT2D eigenvalue weighted by molar-refractivity contribution is 0.676. The van der Waals surface area contributed by atoms with Crippen LogP contribution in [-0.2, 0) is 0 Å². The summed E-state index contributed by atoms with van der Waals surface area (Å²) in [7, 11) is 0. The van der Waals surface area contributed by atoms with Gasteiger partial charge in [0.15, 0.2) is 0 Å². The van der Waals surface area contributed by atoms with Gasteiger partial charge in [-0.3, -0.25) is 4.99 Å². The predicted molar refractivity (Wildman–Crippen MR) is 63.0 cm³/mol. The zero-order valence-electron chi connectivity index (χ0n) is 8.95. The Morgan fingerprint density at radius 2 is 1.86 bits per heavy atom. The lowest BCUT2D eigenvalue weighted by atomic mass is 10.2. The van der Waals surface area contributed by atoms with Crippen molar-refractivity contribution in [3.8, 4) is 0 Å². The Morgan fingerprint density at radius 1 is 1.07 bits per heavy atom. The highest BCUT2D eigenvalue weighted by atomic mass is 14.7. The minimum absolute atomic E-state index is 0.967. The molecular weight excluding hydrogens is 170 g/mol. The highest BCUT2D eigenvalue weighted by molar-refractivity contribution is 5.79. The number of unbranched alkanes of at least 4 members (excludes halogenated alkanes) is 3. The van der Waals surface area contributed by atoms with Gasteiger partial charge < -0.3 is 0 Å². The average Bonchev–Trinajstić information content (AvgIpc) is 2.25. The van der Waals surface area contributed by atoms with Crippen molar-refractivity contribution in [1.29, 1.82) is 0 Å². The molecule has 0 fully saturated rings. The molecule has 0 bridgehead atoms. The van der Waals surface area contributed by atoms with Gasteiger partial charge in [0, 0.05) is 12.8 Å². The molecule has 0 heterocycles.